The van der Waals surface area contributed by atoms with E-state index in [2.05, 4.69) is 13.0 Å². The first-order valence-electron chi connectivity index (χ1n) is 13.3. The van der Waals surface area contributed by atoms with Gasteiger partial charge in [-0.25, -0.2) is 0 Å². The second-order valence-corrected chi connectivity index (χ2v) is 9.84. The number of rotatable bonds is 17. The van der Waals surface area contributed by atoms with Crippen LogP contribution in [0.15, 0.2) is 12.2 Å². The van der Waals surface area contributed by atoms with Gasteiger partial charge in [-0.15, -0.1) is 0 Å². The van der Waals surface area contributed by atoms with Crippen LogP contribution in [-0.2, 0) is 19.1 Å². The second-order valence-electron chi connectivity index (χ2n) is 9.84. The van der Waals surface area contributed by atoms with Crippen LogP contribution in [0, 0.1) is 11.8 Å². The average Bonchev–Trinajstić information content (AvgIpc) is 3.08. The van der Waals surface area contributed by atoms with Gasteiger partial charge in [-0.1, -0.05) is 44.8 Å². The highest BCUT2D eigenvalue weighted by molar-refractivity contribution is 5.78. The number of unbranched alkanes of at least 4 members (excludes halogenated alkanes) is 5. The van der Waals surface area contributed by atoms with E-state index in [9.17, 15) is 14.7 Å². The van der Waals surface area contributed by atoms with E-state index in [1.54, 1.807) is 0 Å². The molecule has 1 heterocycles. The number of carbonyl (C=O) groups excluding carboxylic acids is 1. The van der Waals surface area contributed by atoms with E-state index in [0.717, 1.165) is 58.0 Å². The van der Waals surface area contributed by atoms with Crippen LogP contribution in [0.5, 0.6) is 0 Å². The number of carboxylic acids is 1. The summed E-state index contributed by atoms with van der Waals surface area (Å²) in [7, 11) is 0. The highest BCUT2D eigenvalue weighted by Crippen LogP contribution is 2.41. The Hall–Kier alpha value is -1.24. The van der Waals surface area contributed by atoms with Crippen molar-refractivity contribution in [2.75, 3.05) is 6.61 Å². The molecule has 190 valence electrons. The van der Waals surface area contributed by atoms with Gasteiger partial charge in [0.25, 0.3) is 0 Å². The molecule has 0 amide bonds. The number of aliphatic hydroxyl groups is 1. The molecule has 6 heteroatoms. The minimum absolute atomic E-state index is 0.0617. The first-order chi connectivity index (χ1) is 16.0. The summed E-state index contributed by atoms with van der Waals surface area (Å²) in [6.07, 6.45) is 17.0. The number of hydrogen-bond donors (Lipinski definition) is 2. The Morgan fingerprint density at radius 1 is 1.00 bits per heavy atom. The van der Waals surface area contributed by atoms with Crippen LogP contribution in [0.3, 0.4) is 0 Å². The van der Waals surface area contributed by atoms with E-state index in [1.165, 1.54) is 19.3 Å². The highest BCUT2D eigenvalue weighted by atomic mass is 16.7. The number of hydrogen-bond acceptors (Lipinski definition) is 5. The smallest absolute Gasteiger partial charge is 0.303 e. The Morgan fingerprint density at radius 2 is 1.82 bits per heavy atom. The standard InChI is InChI=1S/C27H46O6/c1-2-3-4-5-8-13-21(28)17-18-23-22(14-9-6-7-10-15-26(30)31)24(29)20-25(23)33-27-16-11-12-19-32-27/h6,9,22-25,27,29H,2-5,7-8,10-20H2,1H3,(H,30,31)/b9-6-/t22-,23-,24+,25-,27?/m1/s1. The van der Waals surface area contributed by atoms with Crippen LogP contribution < -0.4 is 0 Å². The molecule has 2 aliphatic rings. The van der Waals surface area contributed by atoms with Crippen LogP contribution in [-0.4, -0.2) is 47.1 Å². The Bertz CT molecular complexity index is 583. The van der Waals surface area contributed by atoms with E-state index in [-0.39, 0.29) is 30.7 Å². The van der Waals surface area contributed by atoms with Crippen LogP contribution in [0.2, 0.25) is 0 Å². The van der Waals surface area contributed by atoms with Crippen LogP contribution in [0.25, 0.3) is 0 Å². The van der Waals surface area contributed by atoms with Gasteiger partial charge < -0.3 is 19.7 Å². The molecular weight excluding hydrogens is 420 g/mol. The van der Waals surface area contributed by atoms with Crippen molar-refractivity contribution in [3.05, 3.63) is 12.2 Å². The highest BCUT2D eigenvalue weighted by Gasteiger charge is 2.43. The summed E-state index contributed by atoms with van der Waals surface area (Å²) in [5, 5.41) is 19.6. The Balaban J connectivity index is 1.87. The molecule has 0 aromatic rings. The Kier molecular flexibility index (Phi) is 13.9. The van der Waals surface area contributed by atoms with E-state index in [0.29, 0.717) is 31.5 Å². The largest absolute Gasteiger partial charge is 0.481 e. The van der Waals surface area contributed by atoms with Crippen molar-refractivity contribution in [3.63, 3.8) is 0 Å². The first kappa shape index (κ1) is 28.0. The van der Waals surface area contributed by atoms with Crippen LogP contribution >= 0.6 is 0 Å². The number of carbonyl (C=O) groups is 2. The minimum atomic E-state index is -0.769. The van der Waals surface area contributed by atoms with Crippen molar-refractivity contribution >= 4 is 11.8 Å². The maximum Gasteiger partial charge on any atom is 0.303 e. The summed E-state index contributed by atoms with van der Waals surface area (Å²) in [4.78, 5) is 23.2. The summed E-state index contributed by atoms with van der Waals surface area (Å²) < 4.78 is 12.1. The van der Waals surface area contributed by atoms with Gasteiger partial charge in [-0.2, -0.15) is 0 Å². The summed E-state index contributed by atoms with van der Waals surface area (Å²) in [6, 6.07) is 0. The molecule has 2 fully saturated rings. The first-order valence-corrected chi connectivity index (χ1v) is 13.3. The molecule has 0 spiro atoms. The van der Waals surface area contributed by atoms with Crippen molar-refractivity contribution < 1.29 is 29.3 Å². The quantitative estimate of drug-likeness (QED) is 0.208. The van der Waals surface area contributed by atoms with Gasteiger partial charge in [0.15, 0.2) is 6.29 Å². The van der Waals surface area contributed by atoms with Gasteiger partial charge in [-0.05, 0) is 63.2 Å². The molecule has 1 saturated heterocycles. The van der Waals surface area contributed by atoms with Gasteiger partial charge in [0, 0.05) is 32.3 Å². The molecule has 1 saturated carbocycles. The monoisotopic (exact) mass is 466 g/mol. The zero-order valence-corrected chi connectivity index (χ0v) is 20.6. The molecule has 33 heavy (non-hydrogen) atoms. The van der Waals surface area contributed by atoms with Gasteiger partial charge >= 0.3 is 5.97 Å². The normalized spacial score (nSPS) is 27.9. The van der Waals surface area contributed by atoms with Gasteiger partial charge in [0.2, 0.25) is 0 Å². The zero-order chi connectivity index (χ0) is 23.9. The molecule has 1 aliphatic heterocycles. The summed E-state index contributed by atoms with van der Waals surface area (Å²) in [6.45, 7) is 2.92. The van der Waals surface area contributed by atoms with Crippen molar-refractivity contribution in [2.24, 2.45) is 11.8 Å². The molecule has 1 unspecified atom stereocenters. The molecule has 2 N–H and O–H groups in total. The third-order valence-corrected chi connectivity index (χ3v) is 7.11. The predicted octanol–water partition coefficient (Wildman–Crippen LogP) is 5.81. The van der Waals surface area contributed by atoms with Crippen molar-refractivity contribution in [1.29, 1.82) is 0 Å². The molecule has 0 aromatic heterocycles. The zero-order valence-electron chi connectivity index (χ0n) is 20.6. The van der Waals surface area contributed by atoms with E-state index in [4.69, 9.17) is 14.6 Å². The minimum Gasteiger partial charge on any atom is -0.481 e. The number of Topliss-reactive ketones (excluding diaryl/α,β-unsaturated/α-hetero) is 1. The maximum atomic E-state index is 12.5. The Labute approximate surface area is 200 Å². The molecule has 6 nitrogen and oxygen atoms in total. The number of ether oxygens (including phenoxy) is 2. The van der Waals surface area contributed by atoms with Crippen LogP contribution in [0.4, 0.5) is 0 Å². The Morgan fingerprint density at radius 3 is 2.55 bits per heavy atom. The van der Waals surface area contributed by atoms with Gasteiger partial charge in [0.05, 0.1) is 12.2 Å². The number of aliphatic carboxylic acids is 1. The van der Waals surface area contributed by atoms with Crippen molar-refractivity contribution in [2.45, 2.75) is 128 Å². The summed E-state index contributed by atoms with van der Waals surface area (Å²) in [5.74, 6) is -0.247. The predicted molar refractivity (Wildman–Crippen MR) is 129 cm³/mol. The molecule has 5 atom stereocenters. The summed E-state index contributed by atoms with van der Waals surface area (Å²) >= 11 is 0. The molecular formula is C27H46O6. The van der Waals surface area contributed by atoms with E-state index in [1.807, 2.05) is 6.08 Å². The van der Waals surface area contributed by atoms with E-state index >= 15 is 0 Å². The number of allylic oxidation sites excluding steroid dienone is 2. The summed E-state index contributed by atoms with van der Waals surface area (Å²) in [5.41, 5.74) is 0. The van der Waals surface area contributed by atoms with Crippen LogP contribution in [0.1, 0.15) is 110 Å². The third-order valence-electron chi connectivity index (χ3n) is 7.11. The third kappa shape index (κ3) is 11.2. The molecule has 0 radical (unpaired) electrons. The molecule has 2 rings (SSSR count). The van der Waals surface area contributed by atoms with E-state index < -0.39 is 12.1 Å². The van der Waals surface area contributed by atoms with Gasteiger partial charge in [-0.3, -0.25) is 9.59 Å². The topological polar surface area (TPSA) is 93.1 Å². The fourth-order valence-electron chi connectivity index (χ4n) is 5.17. The lowest BCUT2D eigenvalue weighted by Crippen LogP contribution is -2.31. The molecule has 1 aliphatic carbocycles. The lowest BCUT2D eigenvalue weighted by molar-refractivity contribution is -0.196. The lowest BCUT2D eigenvalue weighted by Gasteiger charge is -2.30. The van der Waals surface area contributed by atoms with Gasteiger partial charge in [0.1, 0.15) is 5.78 Å². The SMILES string of the molecule is CCCCCCCC(=O)CC[C@@H]1[C@@H](C/C=C\CCCC(=O)O)[C@@H](O)C[C@H]1OC1CCCCO1. The van der Waals surface area contributed by atoms with Crippen molar-refractivity contribution in [1.82, 2.24) is 0 Å². The number of ketones is 1. The fraction of sp³-hybridized carbons (Fsp3) is 0.852. The number of carboxylic acid groups (broad SMARTS) is 1. The maximum absolute atomic E-state index is 12.5. The van der Waals surface area contributed by atoms with Crippen molar-refractivity contribution in [3.8, 4) is 0 Å². The molecule has 0 bridgehead atoms. The molecule has 0 aromatic carbocycles. The number of aliphatic hydroxyl groups excluding tert-OH is 1. The average molecular weight is 467 g/mol. The lowest BCUT2D eigenvalue weighted by atomic mass is 9.85. The fourth-order valence-corrected chi connectivity index (χ4v) is 5.17. The second kappa shape index (κ2) is 16.4.